The van der Waals surface area contributed by atoms with Crippen LogP contribution >= 0.6 is 0 Å². The SMILES string of the molecule is C[C](O)OC[C@H](NC(=O)[C@@H]1CCCN1C(=O)[C@H](CCCCN)NC(=O)CNC(=O)[C@@H]1CCCN1C(=O)[C@@H]1CCCN1C(=O)[C@@H]1CCCN1C(=O)[C@H](CCC(=O)O)NC(=O)CN)C(=O)N[C@@H](CC(=O)O)C(=O)N[C@@H](CC(=O)O)C(=O)N[C@@H](C)C(=O)NCC(=O)N[C@@H](CC(C)C)C(=O)N[C@H](C(=O)O)C(C)C. The minimum atomic E-state index is -2.15. The summed E-state index contributed by atoms with van der Waals surface area (Å²) in [4.78, 5) is 244. The van der Waals surface area contributed by atoms with Crippen molar-refractivity contribution < 1.29 is 117 Å². The largest absolute Gasteiger partial charge is 0.481 e. The second-order valence-electron chi connectivity index (χ2n) is 26.6. The molecule has 581 valence electrons. The minimum absolute atomic E-state index is 0.0190. The highest BCUT2D eigenvalue weighted by Crippen LogP contribution is 2.30. The lowest BCUT2D eigenvalue weighted by Gasteiger charge is -2.35. The van der Waals surface area contributed by atoms with Gasteiger partial charge < -0.3 is 115 Å². The van der Waals surface area contributed by atoms with E-state index < -0.39 is 237 Å². The van der Waals surface area contributed by atoms with Crippen LogP contribution < -0.4 is 64.6 Å². The zero-order chi connectivity index (χ0) is 77.8. The molecule has 40 nitrogen and oxygen atoms in total. The first-order valence-electron chi connectivity index (χ1n) is 34.6. The molecule has 0 aromatic heterocycles. The molecule has 0 aromatic carbocycles. The van der Waals surface area contributed by atoms with Crippen LogP contribution in [0.1, 0.15) is 144 Å². The predicted molar refractivity (Wildman–Crippen MR) is 358 cm³/mol. The number of amides is 14. The molecule has 4 fully saturated rings. The molecule has 14 amide bonds. The summed E-state index contributed by atoms with van der Waals surface area (Å²) in [7, 11) is 0. The first kappa shape index (κ1) is 86.7. The monoisotopic (exact) mass is 1480 g/mol. The molecule has 4 aliphatic heterocycles. The van der Waals surface area contributed by atoms with Crippen molar-refractivity contribution >= 4 is 107 Å². The lowest BCUT2D eigenvalue weighted by Crippen LogP contribution is -2.60. The maximum Gasteiger partial charge on any atom is 0.326 e. The normalized spacial score (nSPS) is 19.4. The van der Waals surface area contributed by atoms with Crippen LogP contribution in [0.25, 0.3) is 0 Å². The predicted octanol–water partition coefficient (Wildman–Crippen LogP) is -6.33. The van der Waals surface area contributed by atoms with E-state index in [1.54, 1.807) is 27.7 Å². The number of aliphatic hydroxyl groups is 1. The summed E-state index contributed by atoms with van der Waals surface area (Å²) < 4.78 is 5.13. The first-order chi connectivity index (χ1) is 49.0. The number of likely N-dealkylation sites (tertiary alicyclic amines) is 4. The lowest BCUT2D eigenvalue weighted by molar-refractivity contribution is -0.151. The summed E-state index contributed by atoms with van der Waals surface area (Å²) in [6.45, 7) is 6.46. The third-order valence-electron chi connectivity index (χ3n) is 17.7. The number of carbonyl (C=O) groups is 18. The Hall–Kier alpha value is -9.70. The van der Waals surface area contributed by atoms with Gasteiger partial charge in [0.05, 0.1) is 39.1 Å². The number of unbranched alkanes of at least 4 members (excludes halogenated alkanes) is 1. The molecular weight excluding hydrogens is 1380 g/mol. The summed E-state index contributed by atoms with van der Waals surface area (Å²) >= 11 is 0. The molecule has 4 heterocycles. The van der Waals surface area contributed by atoms with Crippen LogP contribution in [0, 0.1) is 18.1 Å². The number of hydrogen-bond donors (Lipinski definition) is 17. The topological polar surface area (TPSA) is 603 Å². The van der Waals surface area contributed by atoms with E-state index in [2.05, 4.69) is 47.9 Å². The number of nitrogens with one attached hydrogen (secondary N) is 10. The Balaban J connectivity index is 1.41. The molecule has 1 radical (unpaired) electrons. The van der Waals surface area contributed by atoms with Gasteiger partial charge in [0, 0.05) is 32.6 Å². The number of carboxylic acids is 4. The highest BCUT2D eigenvalue weighted by atomic mass is 16.6. The van der Waals surface area contributed by atoms with Gasteiger partial charge in [-0.3, -0.25) is 81.5 Å². The zero-order valence-corrected chi connectivity index (χ0v) is 59.2. The van der Waals surface area contributed by atoms with Crippen LogP contribution in [0.15, 0.2) is 0 Å². The summed E-state index contributed by atoms with van der Waals surface area (Å²) in [6, 6.07) is -17.3. The number of aliphatic hydroxyl groups excluding tert-OH is 1. The molecule has 0 saturated carbocycles. The molecular formula is C64H101N16O24. The van der Waals surface area contributed by atoms with Crippen LogP contribution in [-0.4, -0.2) is 283 Å². The molecule has 0 bridgehead atoms. The van der Waals surface area contributed by atoms with E-state index in [0.717, 1.165) is 18.7 Å². The van der Waals surface area contributed by atoms with E-state index in [1.165, 1.54) is 14.7 Å². The van der Waals surface area contributed by atoms with Gasteiger partial charge in [0.25, 0.3) is 0 Å². The van der Waals surface area contributed by atoms with Crippen molar-refractivity contribution in [3.63, 3.8) is 0 Å². The van der Waals surface area contributed by atoms with Crippen molar-refractivity contribution in [3.05, 3.63) is 6.29 Å². The van der Waals surface area contributed by atoms with E-state index in [-0.39, 0.29) is 96.4 Å². The van der Waals surface area contributed by atoms with E-state index >= 15 is 0 Å². The number of ether oxygens (including phenoxy) is 1. The summed E-state index contributed by atoms with van der Waals surface area (Å²) in [5.41, 5.74) is 11.2. The van der Waals surface area contributed by atoms with Crippen LogP contribution in [0.5, 0.6) is 0 Å². The van der Waals surface area contributed by atoms with Crippen LogP contribution in [-0.2, 0) is 91.0 Å². The third kappa shape index (κ3) is 26.8. The quantitative estimate of drug-likeness (QED) is 0.0253. The van der Waals surface area contributed by atoms with Gasteiger partial charge in [-0.25, -0.2) is 4.79 Å². The number of aliphatic carboxylic acids is 4. The van der Waals surface area contributed by atoms with Gasteiger partial charge in [0.2, 0.25) is 89.0 Å². The maximum absolute atomic E-state index is 14.5. The molecule has 12 atom stereocenters. The van der Waals surface area contributed by atoms with Crippen molar-refractivity contribution in [2.24, 2.45) is 23.3 Å². The molecule has 0 unspecified atom stereocenters. The molecule has 40 heteroatoms. The Labute approximate surface area is 599 Å². The van der Waals surface area contributed by atoms with Gasteiger partial charge in [-0.05, 0) is 116 Å². The molecule has 0 aromatic rings. The first-order valence-corrected chi connectivity index (χ1v) is 34.6. The highest BCUT2D eigenvalue weighted by Gasteiger charge is 2.47. The summed E-state index contributed by atoms with van der Waals surface area (Å²) in [5.74, 6) is -19.3. The van der Waals surface area contributed by atoms with Crippen LogP contribution in [0.3, 0.4) is 0 Å². The fraction of sp³-hybridized carbons (Fsp3) is 0.703. The van der Waals surface area contributed by atoms with Gasteiger partial charge in [0.15, 0.2) is 0 Å². The van der Waals surface area contributed by atoms with Gasteiger partial charge in [-0.1, -0.05) is 27.7 Å². The second-order valence-corrected chi connectivity index (χ2v) is 26.6. The molecule has 4 rings (SSSR count). The Morgan fingerprint density at radius 2 is 0.894 bits per heavy atom. The van der Waals surface area contributed by atoms with Crippen molar-refractivity contribution in [1.29, 1.82) is 0 Å². The van der Waals surface area contributed by atoms with Crippen molar-refractivity contribution in [2.75, 3.05) is 59.0 Å². The number of hydrogen-bond acceptors (Lipinski definition) is 22. The Morgan fingerprint density at radius 1 is 0.452 bits per heavy atom. The van der Waals surface area contributed by atoms with Crippen LogP contribution in [0.4, 0.5) is 0 Å². The van der Waals surface area contributed by atoms with Gasteiger partial charge in [-0.2, -0.15) is 0 Å². The number of carboxylic acid groups (broad SMARTS) is 4. The smallest absolute Gasteiger partial charge is 0.326 e. The maximum atomic E-state index is 14.5. The highest BCUT2D eigenvalue weighted by molar-refractivity contribution is 6.01. The van der Waals surface area contributed by atoms with E-state index in [0.29, 0.717) is 25.7 Å². The zero-order valence-electron chi connectivity index (χ0n) is 59.2. The molecule has 0 aliphatic carbocycles. The Kier molecular flexibility index (Phi) is 35.2. The third-order valence-corrected chi connectivity index (χ3v) is 17.7. The minimum Gasteiger partial charge on any atom is -0.481 e. The molecule has 0 spiro atoms. The molecule has 19 N–H and O–H groups in total. The standard InChI is InChI=1S/C64H101N16O24/c1-32(2)25-38(56(94)76-52(33(3)4)64(102)103)72-48(84)29-67-53(91)34(5)69-54(92)39(26-50(87)88)73-55(93)40(27-51(89)90)74-57(95)41(31-104-35(6)81)75-59(97)43-15-10-21-77(43)60(98)36(13-7-8-20-65)71-47(83)30-68-58(96)42-14-9-22-78(42)62(100)45-17-12-24-80(45)63(101)44-16-11-23-79(44)61(99)37(18-19-49(85)86)70-46(82)28-66/h32-34,36-45,52,81H,7-31,65-66H2,1-6H3,(H,67,91)(H,68,96)(H,69,92)(H,70,82)(H,71,83)(H,72,84)(H,73,93)(H,74,95)(H,75,97)(H,76,94)(H,85,86)(H,87,88)(H,89,90)(H,102,103)/t34-,36-,37-,38-,39-,40-,41-,42-,43-,44-,45-,52-/m0/s1. The molecule has 4 saturated heterocycles. The van der Waals surface area contributed by atoms with E-state index in [1.807, 2.05) is 5.32 Å². The molecule has 104 heavy (non-hydrogen) atoms. The average Bonchev–Trinajstić information content (AvgIpc) is 1.65. The second kappa shape index (κ2) is 42.2. The van der Waals surface area contributed by atoms with Crippen LogP contribution in [0.2, 0.25) is 0 Å². The van der Waals surface area contributed by atoms with Gasteiger partial charge in [0.1, 0.15) is 72.5 Å². The Bertz CT molecular complexity index is 3140. The summed E-state index contributed by atoms with van der Waals surface area (Å²) in [5, 5.41) is 71.6. The Morgan fingerprint density at radius 3 is 1.38 bits per heavy atom. The number of nitrogens with zero attached hydrogens (tertiary/aromatic N) is 4. The molecule has 4 aliphatic rings. The van der Waals surface area contributed by atoms with E-state index in [9.17, 15) is 112 Å². The average molecular weight is 1480 g/mol. The summed E-state index contributed by atoms with van der Waals surface area (Å²) in [6.07, 6.45) is -1.13. The number of rotatable bonds is 42. The van der Waals surface area contributed by atoms with Crippen molar-refractivity contribution in [1.82, 2.24) is 72.8 Å². The van der Waals surface area contributed by atoms with Gasteiger partial charge in [-0.15, -0.1) is 0 Å². The van der Waals surface area contributed by atoms with E-state index in [4.69, 9.17) is 16.2 Å². The number of carbonyl (C=O) groups excluding carboxylic acids is 14. The fourth-order valence-electron chi connectivity index (χ4n) is 12.4. The van der Waals surface area contributed by atoms with Crippen molar-refractivity contribution in [3.8, 4) is 0 Å². The van der Waals surface area contributed by atoms with Crippen molar-refractivity contribution in [2.45, 2.75) is 217 Å². The lowest BCUT2D eigenvalue weighted by atomic mass is 10.0. The number of nitrogens with two attached hydrogens (primary N) is 2. The fourth-order valence-corrected chi connectivity index (χ4v) is 12.4. The van der Waals surface area contributed by atoms with Gasteiger partial charge >= 0.3 is 23.9 Å².